The SMILES string of the molecule is O=C(CCN1C(=O)C2C3CC(C2C1=O)C1C(c2cccnc2)c2sc(=O)[nH]c2SC31)Nc1cccc(C(F)(F)F)c1. The molecule has 41 heavy (non-hydrogen) atoms. The van der Waals surface area contributed by atoms with Gasteiger partial charge in [-0.3, -0.25) is 29.1 Å². The average Bonchev–Trinajstić information content (AvgIpc) is 3.67. The first-order valence-corrected chi connectivity index (χ1v) is 14.9. The number of amides is 3. The number of aromatic amines is 1. The van der Waals surface area contributed by atoms with Crippen LogP contribution in [0.15, 0.2) is 58.6 Å². The van der Waals surface area contributed by atoms with Crippen LogP contribution in [0.2, 0.25) is 0 Å². The average molecular weight is 601 g/mol. The van der Waals surface area contributed by atoms with E-state index in [-0.39, 0.29) is 64.3 Å². The molecule has 4 aliphatic rings. The number of rotatable bonds is 5. The van der Waals surface area contributed by atoms with Crippen LogP contribution in [-0.2, 0) is 20.6 Å². The lowest BCUT2D eigenvalue weighted by Gasteiger charge is -2.42. The Morgan fingerprint density at radius 2 is 1.88 bits per heavy atom. The number of anilines is 1. The van der Waals surface area contributed by atoms with Crippen molar-refractivity contribution in [1.29, 1.82) is 0 Å². The summed E-state index contributed by atoms with van der Waals surface area (Å²) in [5, 5.41) is 3.30. The zero-order chi connectivity index (χ0) is 28.6. The first-order chi connectivity index (χ1) is 19.6. The second kappa shape index (κ2) is 9.55. The van der Waals surface area contributed by atoms with Gasteiger partial charge in [-0.15, -0.1) is 11.8 Å². The van der Waals surface area contributed by atoms with Crippen molar-refractivity contribution < 1.29 is 27.6 Å². The minimum atomic E-state index is -4.54. The van der Waals surface area contributed by atoms with Crippen molar-refractivity contribution in [2.75, 3.05) is 11.9 Å². The Hall–Kier alpha value is -3.45. The van der Waals surface area contributed by atoms with Gasteiger partial charge in [0.2, 0.25) is 17.7 Å². The number of carbonyl (C=O) groups excluding carboxylic acids is 3. The highest BCUT2D eigenvalue weighted by atomic mass is 32.2. The van der Waals surface area contributed by atoms with Gasteiger partial charge in [0.05, 0.1) is 22.4 Å². The van der Waals surface area contributed by atoms with Gasteiger partial charge in [0.25, 0.3) is 0 Å². The quantitative estimate of drug-likeness (QED) is 0.422. The molecule has 3 aromatic rings. The van der Waals surface area contributed by atoms with Crippen molar-refractivity contribution >= 4 is 46.5 Å². The number of imide groups is 1. The number of fused-ring (bicyclic) bond motifs is 9. The third kappa shape index (κ3) is 4.23. The molecule has 2 aromatic heterocycles. The normalized spacial score (nSPS) is 29.8. The fourth-order valence-corrected chi connectivity index (χ4v) is 10.3. The number of likely N-dealkylation sites (tertiary alicyclic amines) is 1. The number of aromatic nitrogens is 2. The maximum Gasteiger partial charge on any atom is 0.416 e. The Labute approximate surface area is 239 Å². The molecule has 4 heterocycles. The van der Waals surface area contributed by atoms with Gasteiger partial charge in [-0.2, -0.15) is 13.2 Å². The summed E-state index contributed by atoms with van der Waals surface area (Å²) in [7, 11) is 0. The van der Waals surface area contributed by atoms with Crippen LogP contribution in [-0.4, -0.2) is 44.4 Å². The number of benzene rings is 1. The van der Waals surface area contributed by atoms with E-state index < -0.39 is 29.5 Å². The molecule has 2 N–H and O–H groups in total. The van der Waals surface area contributed by atoms with Gasteiger partial charge in [-0.05, 0) is 54.0 Å². The van der Waals surface area contributed by atoms with Crippen LogP contribution in [0.1, 0.15) is 34.8 Å². The van der Waals surface area contributed by atoms with E-state index in [4.69, 9.17) is 0 Å². The maximum atomic E-state index is 13.7. The summed E-state index contributed by atoms with van der Waals surface area (Å²) < 4.78 is 39.1. The Kier molecular flexibility index (Phi) is 6.16. The van der Waals surface area contributed by atoms with Gasteiger partial charge in [0.1, 0.15) is 0 Å². The van der Waals surface area contributed by atoms with Crippen molar-refractivity contribution in [3.8, 4) is 0 Å². The summed E-state index contributed by atoms with van der Waals surface area (Å²) in [6.07, 6.45) is -0.532. The molecule has 2 aliphatic carbocycles. The molecule has 2 bridgehead atoms. The Bertz CT molecular complexity index is 1620. The standard InChI is InChI=1S/C28H23F3N4O4S2/c29-28(30,31)13-4-1-5-14(9-13)33-17(36)6-8-35-25(37)20-15-10-16(21(20)26(35)38)22-19(15)18(12-3-2-7-32-11-12)23-24(40-22)34-27(39)41-23/h1-5,7,9,11,15-16,18-22H,6,8,10H2,(H,33,36)(H,34,39). The fraction of sp³-hybridized carbons (Fsp3) is 0.393. The number of carbonyl (C=O) groups is 3. The molecule has 7 unspecified atom stereocenters. The summed E-state index contributed by atoms with van der Waals surface area (Å²) in [4.78, 5) is 61.3. The monoisotopic (exact) mass is 600 g/mol. The number of nitrogens with zero attached hydrogens (tertiary/aromatic N) is 2. The Balaban J connectivity index is 1.10. The van der Waals surface area contributed by atoms with Crippen molar-refractivity contribution in [3.05, 3.63) is 74.5 Å². The van der Waals surface area contributed by atoms with Gasteiger partial charge in [-0.1, -0.05) is 23.5 Å². The third-order valence-electron chi connectivity index (χ3n) is 8.89. The number of hydrogen-bond donors (Lipinski definition) is 2. The lowest BCUT2D eigenvalue weighted by molar-refractivity contribution is -0.141. The molecule has 212 valence electrons. The van der Waals surface area contributed by atoms with E-state index in [1.807, 2.05) is 12.1 Å². The summed E-state index contributed by atoms with van der Waals surface area (Å²) >= 11 is 2.78. The van der Waals surface area contributed by atoms with Crippen molar-refractivity contribution in [2.45, 2.75) is 35.2 Å². The molecule has 13 heteroatoms. The smallest absolute Gasteiger partial charge is 0.326 e. The van der Waals surface area contributed by atoms with Crippen molar-refractivity contribution in [3.63, 3.8) is 0 Å². The summed E-state index contributed by atoms with van der Waals surface area (Å²) in [6.45, 7) is -0.135. The summed E-state index contributed by atoms with van der Waals surface area (Å²) in [5.74, 6) is -2.29. The van der Waals surface area contributed by atoms with Crippen LogP contribution in [0.4, 0.5) is 18.9 Å². The number of nitrogens with one attached hydrogen (secondary N) is 2. The second-order valence-corrected chi connectivity index (χ2v) is 13.2. The van der Waals surface area contributed by atoms with Gasteiger partial charge < -0.3 is 10.3 Å². The molecule has 0 spiro atoms. The van der Waals surface area contributed by atoms with Crippen LogP contribution in [0.25, 0.3) is 0 Å². The highest BCUT2D eigenvalue weighted by molar-refractivity contribution is 8.00. The molecular weight excluding hydrogens is 577 g/mol. The van der Waals surface area contributed by atoms with Crippen LogP contribution in [0.5, 0.6) is 0 Å². The molecule has 3 amide bonds. The number of hydrogen-bond acceptors (Lipinski definition) is 7. The van der Waals surface area contributed by atoms with Crippen LogP contribution < -0.4 is 10.2 Å². The number of thiazole rings is 1. The summed E-state index contributed by atoms with van der Waals surface area (Å²) in [6, 6.07) is 8.15. The van der Waals surface area contributed by atoms with Crippen LogP contribution >= 0.6 is 23.1 Å². The number of H-pyrrole nitrogens is 1. The zero-order valence-electron chi connectivity index (χ0n) is 21.3. The number of thioether (sulfide) groups is 1. The topological polar surface area (TPSA) is 112 Å². The molecule has 2 saturated carbocycles. The molecule has 3 fully saturated rings. The van der Waals surface area contributed by atoms with E-state index in [9.17, 15) is 32.3 Å². The highest BCUT2D eigenvalue weighted by Crippen LogP contribution is 2.68. The lowest BCUT2D eigenvalue weighted by Crippen LogP contribution is -2.42. The maximum absolute atomic E-state index is 13.7. The van der Waals surface area contributed by atoms with E-state index in [1.54, 1.807) is 24.2 Å². The minimum absolute atomic E-state index is 0.00753. The van der Waals surface area contributed by atoms with Gasteiger partial charge in [-0.25, -0.2) is 0 Å². The van der Waals surface area contributed by atoms with Gasteiger partial charge in [0, 0.05) is 47.1 Å². The highest BCUT2D eigenvalue weighted by Gasteiger charge is 2.69. The predicted octanol–water partition coefficient (Wildman–Crippen LogP) is 4.35. The van der Waals surface area contributed by atoms with E-state index in [0.29, 0.717) is 0 Å². The van der Waals surface area contributed by atoms with E-state index in [0.717, 1.165) is 34.0 Å². The Morgan fingerprint density at radius 1 is 1.10 bits per heavy atom. The lowest BCUT2D eigenvalue weighted by atomic mass is 9.68. The number of pyridine rings is 1. The number of halogens is 3. The van der Waals surface area contributed by atoms with Crippen molar-refractivity contribution in [1.82, 2.24) is 14.9 Å². The third-order valence-corrected chi connectivity index (χ3v) is 11.5. The zero-order valence-corrected chi connectivity index (χ0v) is 22.9. The van der Waals surface area contributed by atoms with Crippen molar-refractivity contribution in [2.24, 2.45) is 29.6 Å². The fourth-order valence-electron chi connectivity index (χ4n) is 7.44. The molecule has 1 aromatic carbocycles. The molecule has 8 nitrogen and oxygen atoms in total. The van der Waals surface area contributed by atoms with E-state index in [1.165, 1.54) is 28.4 Å². The van der Waals surface area contributed by atoms with E-state index in [2.05, 4.69) is 15.3 Å². The van der Waals surface area contributed by atoms with E-state index >= 15 is 0 Å². The van der Waals surface area contributed by atoms with Gasteiger partial charge >= 0.3 is 11.0 Å². The minimum Gasteiger partial charge on any atom is -0.326 e. The molecule has 2 aliphatic heterocycles. The first kappa shape index (κ1) is 26.4. The van der Waals surface area contributed by atoms with Gasteiger partial charge in [0.15, 0.2) is 0 Å². The summed E-state index contributed by atoms with van der Waals surface area (Å²) in [5.41, 5.74) is 0.0843. The second-order valence-electron chi connectivity index (χ2n) is 11.0. The molecule has 7 atom stereocenters. The molecule has 7 rings (SSSR count). The van der Waals surface area contributed by atoms with Crippen LogP contribution in [0, 0.1) is 29.6 Å². The molecule has 1 saturated heterocycles. The first-order valence-electron chi connectivity index (χ1n) is 13.2. The molecule has 0 radical (unpaired) electrons. The predicted molar refractivity (Wildman–Crippen MR) is 144 cm³/mol. The Morgan fingerprint density at radius 3 is 2.61 bits per heavy atom. The number of alkyl halides is 3. The van der Waals surface area contributed by atoms with Crippen LogP contribution in [0.3, 0.4) is 0 Å². The molecular formula is C28H23F3N4O4S2. The largest absolute Gasteiger partial charge is 0.416 e.